The SMILES string of the molecule is CCC1(C(C)C(C)CC(C)C(C)C)CC1. The summed E-state index contributed by atoms with van der Waals surface area (Å²) in [7, 11) is 0. The molecule has 0 heterocycles. The van der Waals surface area contributed by atoms with Crippen molar-refractivity contribution in [2.75, 3.05) is 0 Å². The molecule has 15 heavy (non-hydrogen) atoms. The molecule has 0 amide bonds. The molecule has 3 unspecified atom stereocenters. The van der Waals surface area contributed by atoms with E-state index >= 15 is 0 Å². The molecule has 3 atom stereocenters. The van der Waals surface area contributed by atoms with Crippen molar-refractivity contribution in [2.24, 2.45) is 29.1 Å². The largest absolute Gasteiger partial charge is 0.0648 e. The standard InChI is InChI=1S/C15H30/c1-7-15(8-9-15)14(6)13(5)10-12(4)11(2)3/h11-14H,7-10H2,1-6H3. The second-order valence-electron chi connectivity index (χ2n) is 6.44. The summed E-state index contributed by atoms with van der Waals surface area (Å²) < 4.78 is 0. The second-order valence-corrected chi connectivity index (χ2v) is 6.44. The Morgan fingerprint density at radius 1 is 0.933 bits per heavy atom. The average molecular weight is 210 g/mol. The zero-order valence-corrected chi connectivity index (χ0v) is 11.6. The lowest BCUT2D eigenvalue weighted by atomic mass is 9.75. The van der Waals surface area contributed by atoms with Crippen molar-refractivity contribution in [1.29, 1.82) is 0 Å². The van der Waals surface area contributed by atoms with Gasteiger partial charge in [-0.3, -0.25) is 0 Å². The Morgan fingerprint density at radius 2 is 1.47 bits per heavy atom. The summed E-state index contributed by atoms with van der Waals surface area (Å²) >= 11 is 0. The third-order valence-electron chi connectivity index (χ3n) is 5.30. The van der Waals surface area contributed by atoms with Gasteiger partial charge < -0.3 is 0 Å². The summed E-state index contributed by atoms with van der Waals surface area (Å²) in [5, 5.41) is 0. The van der Waals surface area contributed by atoms with Crippen molar-refractivity contribution in [3.05, 3.63) is 0 Å². The van der Waals surface area contributed by atoms with Crippen LogP contribution in [0.3, 0.4) is 0 Å². The van der Waals surface area contributed by atoms with Crippen LogP contribution in [0.4, 0.5) is 0 Å². The van der Waals surface area contributed by atoms with Gasteiger partial charge in [0.15, 0.2) is 0 Å². The second kappa shape index (κ2) is 4.89. The monoisotopic (exact) mass is 210 g/mol. The van der Waals surface area contributed by atoms with Crippen LogP contribution in [-0.2, 0) is 0 Å². The Balaban J connectivity index is 2.43. The molecule has 0 radical (unpaired) electrons. The number of hydrogen-bond donors (Lipinski definition) is 0. The van der Waals surface area contributed by atoms with Crippen LogP contribution in [-0.4, -0.2) is 0 Å². The Hall–Kier alpha value is 0. The molecule has 0 bridgehead atoms. The third-order valence-corrected chi connectivity index (χ3v) is 5.30. The van der Waals surface area contributed by atoms with E-state index in [-0.39, 0.29) is 0 Å². The normalized spacial score (nSPS) is 25.0. The van der Waals surface area contributed by atoms with Crippen LogP contribution in [0.2, 0.25) is 0 Å². The Labute approximate surface area is 96.8 Å². The fraction of sp³-hybridized carbons (Fsp3) is 1.00. The van der Waals surface area contributed by atoms with Crippen LogP contribution in [0.5, 0.6) is 0 Å². The van der Waals surface area contributed by atoms with E-state index in [1.807, 2.05) is 0 Å². The lowest BCUT2D eigenvalue weighted by molar-refractivity contribution is 0.190. The van der Waals surface area contributed by atoms with Gasteiger partial charge in [0.25, 0.3) is 0 Å². The summed E-state index contributed by atoms with van der Waals surface area (Å²) in [5.74, 6) is 3.57. The molecule has 90 valence electrons. The van der Waals surface area contributed by atoms with Crippen molar-refractivity contribution in [2.45, 2.75) is 67.2 Å². The van der Waals surface area contributed by atoms with Gasteiger partial charge in [0, 0.05) is 0 Å². The van der Waals surface area contributed by atoms with Gasteiger partial charge in [-0.05, 0) is 48.3 Å². The maximum Gasteiger partial charge on any atom is -0.0271 e. The molecule has 0 nitrogen and oxygen atoms in total. The highest BCUT2D eigenvalue weighted by atomic mass is 14.5. The average Bonchev–Trinajstić information content (AvgIpc) is 2.96. The minimum Gasteiger partial charge on any atom is -0.0648 e. The summed E-state index contributed by atoms with van der Waals surface area (Å²) in [5.41, 5.74) is 0.746. The molecule has 0 spiro atoms. The van der Waals surface area contributed by atoms with Gasteiger partial charge >= 0.3 is 0 Å². The van der Waals surface area contributed by atoms with Gasteiger partial charge in [-0.1, -0.05) is 48.0 Å². The summed E-state index contributed by atoms with van der Waals surface area (Å²) in [4.78, 5) is 0. The van der Waals surface area contributed by atoms with Crippen LogP contribution in [0.25, 0.3) is 0 Å². The van der Waals surface area contributed by atoms with E-state index in [2.05, 4.69) is 41.5 Å². The van der Waals surface area contributed by atoms with E-state index in [4.69, 9.17) is 0 Å². The van der Waals surface area contributed by atoms with E-state index in [9.17, 15) is 0 Å². The predicted molar refractivity (Wildman–Crippen MR) is 68.9 cm³/mol. The van der Waals surface area contributed by atoms with Crippen LogP contribution >= 0.6 is 0 Å². The first kappa shape index (κ1) is 13.1. The van der Waals surface area contributed by atoms with Gasteiger partial charge in [-0.25, -0.2) is 0 Å². The third kappa shape index (κ3) is 2.98. The van der Waals surface area contributed by atoms with Crippen LogP contribution < -0.4 is 0 Å². The molecule has 0 heteroatoms. The zero-order valence-electron chi connectivity index (χ0n) is 11.6. The maximum atomic E-state index is 2.49. The molecule has 1 saturated carbocycles. The first-order valence-electron chi connectivity index (χ1n) is 6.93. The van der Waals surface area contributed by atoms with E-state index in [1.54, 1.807) is 0 Å². The van der Waals surface area contributed by atoms with E-state index < -0.39 is 0 Å². The van der Waals surface area contributed by atoms with Gasteiger partial charge in [0.2, 0.25) is 0 Å². The molecule has 1 aliphatic carbocycles. The van der Waals surface area contributed by atoms with Gasteiger partial charge in [0.1, 0.15) is 0 Å². The smallest absolute Gasteiger partial charge is 0.0271 e. The first-order chi connectivity index (χ1) is 6.93. The van der Waals surface area contributed by atoms with Gasteiger partial charge in [0.05, 0.1) is 0 Å². The summed E-state index contributed by atoms with van der Waals surface area (Å²) in [6.07, 6.45) is 5.80. The molecule has 0 aromatic carbocycles. The zero-order chi connectivity index (χ0) is 11.6. The Bertz CT molecular complexity index is 188. The highest BCUT2D eigenvalue weighted by molar-refractivity contribution is 4.97. The van der Waals surface area contributed by atoms with Crippen molar-refractivity contribution in [3.63, 3.8) is 0 Å². The quantitative estimate of drug-likeness (QED) is 0.570. The molecule has 1 fully saturated rings. The van der Waals surface area contributed by atoms with Crippen LogP contribution in [0, 0.1) is 29.1 Å². The van der Waals surface area contributed by atoms with Crippen LogP contribution in [0.1, 0.15) is 67.2 Å². The van der Waals surface area contributed by atoms with Crippen molar-refractivity contribution in [3.8, 4) is 0 Å². The molecular weight excluding hydrogens is 180 g/mol. The Kier molecular flexibility index (Phi) is 4.26. The number of rotatable bonds is 6. The van der Waals surface area contributed by atoms with Gasteiger partial charge in [-0.2, -0.15) is 0 Å². The van der Waals surface area contributed by atoms with E-state index in [1.165, 1.54) is 25.7 Å². The highest BCUT2D eigenvalue weighted by Gasteiger charge is 2.46. The topological polar surface area (TPSA) is 0 Å². The van der Waals surface area contributed by atoms with Crippen molar-refractivity contribution >= 4 is 0 Å². The van der Waals surface area contributed by atoms with Crippen molar-refractivity contribution < 1.29 is 0 Å². The molecule has 0 aromatic heterocycles. The fourth-order valence-electron chi connectivity index (χ4n) is 2.96. The summed E-state index contributed by atoms with van der Waals surface area (Å²) in [6, 6.07) is 0. The molecule has 0 aliphatic heterocycles. The molecule has 0 saturated heterocycles. The highest BCUT2D eigenvalue weighted by Crippen LogP contribution is 2.57. The van der Waals surface area contributed by atoms with E-state index in [0.717, 1.165) is 29.1 Å². The molecule has 0 N–H and O–H groups in total. The first-order valence-corrected chi connectivity index (χ1v) is 6.93. The Morgan fingerprint density at radius 3 is 1.80 bits per heavy atom. The number of hydrogen-bond acceptors (Lipinski definition) is 0. The molecule has 1 aliphatic rings. The lowest BCUT2D eigenvalue weighted by Crippen LogP contribution is -2.22. The molecule has 1 rings (SSSR count). The fourth-order valence-corrected chi connectivity index (χ4v) is 2.96. The maximum absolute atomic E-state index is 2.49. The minimum absolute atomic E-state index is 0.746. The lowest BCUT2D eigenvalue weighted by Gasteiger charge is -2.31. The minimum atomic E-state index is 0.746. The van der Waals surface area contributed by atoms with Crippen LogP contribution in [0.15, 0.2) is 0 Å². The molecule has 0 aromatic rings. The predicted octanol–water partition coefficient (Wildman–Crippen LogP) is 5.13. The van der Waals surface area contributed by atoms with Gasteiger partial charge in [-0.15, -0.1) is 0 Å². The van der Waals surface area contributed by atoms with Crippen molar-refractivity contribution in [1.82, 2.24) is 0 Å². The van der Waals surface area contributed by atoms with E-state index in [0.29, 0.717) is 0 Å². The molecular formula is C15H30. The summed E-state index contributed by atoms with van der Waals surface area (Å²) in [6.45, 7) is 14.5.